The van der Waals surface area contributed by atoms with E-state index in [0.29, 0.717) is 19.3 Å². The Morgan fingerprint density at radius 1 is 1.23 bits per heavy atom. The lowest BCUT2D eigenvalue weighted by Crippen LogP contribution is -2.38. The number of rotatable bonds is 9. The zero-order chi connectivity index (χ0) is 21.2. The highest BCUT2D eigenvalue weighted by Crippen LogP contribution is 2.16. The number of thiazole rings is 1. The Morgan fingerprint density at radius 3 is 2.71 bits per heavy atom. The first-order chi connectivity index (χ1) is 14.6. The van der Waals surface area contributed by atoms with Gasteiger partial charge in [0.05, 0.1) is 30.0 Å². The average Bonchev–Trinajstić information content (AvgIpc) is 3.08. The number of aryl methyl sites for hydroxylation is 2. The van der Waals surface area contributed by atoms with Gasteiger partial charge in [0.15, 0.2) is 5.96 Å². The number of halogens is 1. The number of hydrogen-bond donors (Lipinski definition) is 2. The molecule has 1 aliphatic heterocycles. The topological polar surface area (TPSA) is 67.8 Å². The van der Waals surface area contributed by atoms with Gasteiger partial charge in [0, 0.05) is 37.6 Å². The maximum atomic E-state index is 6.05. The maximum absolute atomic E-state index is 6.05. The normalized spacial score (nSPS) is 14.9. The van der Waals surface area contributed by atoms with E-state index in [4.69, 9.17) is 14.5 Å². The van der Waals surface area contributed by atoms with Crippen LogP contribution in [-0.4, -0.2) is 43.4 Å². The Morgan fingerprint density at radius 2 is 2.00 bits per heavy atom. The smallest absolute Gasteiger partial charge is 0.191 e. The van der Waals surface area contributed by atoms with Gasteiger partial charge in [-0.2, -0.15) is 0 Å². The largest absolute Gasteiger partial charge is 0.381 e. The van der Waals surface area contributed by atoms with Crippen LogP contribution in [0.1, 0.15) is 46.5 Å². The van der Waals surface area contributed by atoms with Crippen molar-refractivity contribution in [2.24, 2.45) is 4.99 Å². The van der Waals surface area contributed by atoms with Crippen molar-refractivity contribution in [1.82, 2.24) is 15.6 Å². The van der Waals surface area contributed by atoms with Crippen molar-refractivity contribution in [1.29, 1.82) is 0 Å². The molecule has 2 heterocycles. The van der Waals surface area contributed by atoms with Crippen molar-refractivity contribution in [2.75, 3.05) is 26.3 Å². The summed E-state index contributed by atoms with van der Waals surface area (Å²) in [6.45, 7) is 10.8. The summed E-state index contributed by atoms with van der Waals surface area (Å²) in [6.07, 6.45) is 3.20. The second kappa shape index (κ2) is 14.0. The van der Waals surface area contributed by atoms with Gasteiger partial charge in [-0.3, -0.25) is 0 Å². The lowest BCUT2D eigenvalue weighted by Gasteiger charge is -2.22. The minimum Gasteiger partial charge on any atom is -0.381 e. The van der Waals surface area contributed by atoms with E-state index < -0.39 is 0 Å². The van der Waals surface area contributed by atoms with Gasteiger partial charge in [-0.05, 0) is 44.7 Å². The van der Waals surface area contributed by atoms with Gasteiger partial charge in [-0.25, -0.2) is 9.98 Å². The SMILES string of the molecule is CCNC(=NCc1cccc(COC2CCOCC2)c1)NCCc1nc(C)c(C)s1.I. The highest BCUT2D eigenvalue weighted by Gasteiger charge is 2.14. The molecule has 0 saturated carbocycles. The van der Waals surface area contributed by atoms with E-state index in [1.54, 1.807) is 11.3 Å². The number of nitrogens with one attached hydrogen (secondary N) is 2. The monoisotopic (exact) mass is 558 g/mol. The van der Waals surface area contributed by atoms with Crippen molar-refractivity contribution in [3.8, 4) is 0 Å². The Labute approximate surface area is 207 Å². The van der Waals surface area contributed by atoms with Gasteiger partial charge in [0.1, 0.15) is 0 Å². The first kappa shape index (κ1) is 26.0. The molecule has 1 aromatic carbocycles. The van der Waals surface area contributed by atoms with Crippen LogP contribution in [0.15, 0.2) is 29.3 Å². The van der Waals surface area contributed by atoms with Crippen molar-refractivity contribution < 1.29 is 9.47 Å². The molecule has 3 rings (SSSR count). The van der Waals surface area contributed by atoms with E-state index in [1.165, 1.54) is 21.0 Å². The van der Waals surface area contributed by atoms with Crippen molar-refractivity contribution in [3.05, 3.63) is 51.0 Å². The van der Waals surface area contributed by atoms with E-state index >= 15 is 0 Å². The number of ether oxygens (including phenoxy) is 2. The fourth-order valence-electron chi connectivity index (χ4n) is 3.32. The van der Waals surface area contributed by atoms with Crippen LogP contribution in [0, 0.1) is 13.8 Å². The summed E-state index contributed by atoms with van der Waals surface area (Å²) >= 11 is 1.78. The molecule has 6 nitrogen and oxygen atoms in total. The highest BCUT2D eigenvalue weighted by molar-refractivity contribution is 14.0. The first-order valence-corrected chi connectivity index (χ1v) is 11.7. The Hall–Kier alpha value is -1.23. The second-order valence-corrected chi connectivity index (χ2v) is 8.85. The molecule has 0 atom stereocenters. The summed E-state index contributed by atoms with van der Waals surface area (Å²) in [7, 11) is 0. The molecule has 1 aromatic heterocycles. The van der Waals surface area contributed by atoms with E-state index in [0.717, 1.165) is 57.2 Å². The molecule has 8 heteroatoms. The zero-order valence-electron chi connectivity index (χ0n) is 18.8. The molecule has 31 heavy (non-hydrogen) atoms. The second-order valence-electron chi connectivity index (χ2n) is 7.56. The summed E-state index contributed by atoms with van der Waals surface area (Å²) in [6, 6.07) is 8.51. The number of benzene rings is 1. The van der Waals surface area contributed by atoms with Gasteiger partial charge in [-0.15, -0.1) is 35.3 Å². The van der Waals surface area contributed by atoms with Gasteiger partial charge in [0.25, 0.3) is 0 Å². The van der Waals surface area contributed by atoms with E-state index in [9.17, 15) is 0 Å². The summed E-state index contributed by atoms with van der Waals surface area (Å²) in [5.41, 5.74) is 3.52. The average molecular weight is 559 g/mol. The number of aromatic nitrogens is 1. The molecule has 1 fully saturated rings. The lowest BCUT2D eigenvalue weighted by atomic mass is 10.1. The molecular formula is C23H35IN4O2S. The Kier molecular flexibility index (Phi) is 11.8. The minimum atomic E-state index is 0. The van der Waals surface area contributed by atoms with Crippen LogP contribution >= 0.6 is 35.3 Å². The Bertz CT molecular complexity index is 802. The first-order valence-electron chi connectivity index (χ1n) is 10.9. The fraction of sp³-hybridized carbons (Fsp3) is 0.565. The third kappa shape index (κ3) is 9.03. The maximum Gasteiger partial charge on any atom is 0.191 e. The summed E-state index contributed by atoms with van der Waals surface area (Å²) < 4.78 is 11.4. The molecular weight excluding hydrogens is 523 g/mol. The molecule has 1 aliphatic rings. The van der Waals surface area contributed by atoms with Gasteiger partial charge in [-0.1, -0.05) is 24.3 Å². The standard InChI is InChI=1S/C23H34N4O2S.HI/c1-4-24-23(25-11-8-22-27-17(2)18(3)30-22)26-15-19-6-5-7-20(14-19)16-29-21-9-12-28-13-10-21;/h5-7,14,21H,4,8-13,15-16H2,1-3H3,(H2,24,25,26);1H. The molecule has 0 amide bonds. The van der Waals surface area contributed by atoms with Crippen molar-refractivity contribution in [2.45, 2.75) is 59.3 Å². The summed E-state index contributed by atoms with van der Waals surface area (Å²) in [5, 5.41) is 7.92. The molecule has 2 N–H and O–H groups in total. The molecule has 0 unspecified atom stereocenters. The Balaban J connectivity index is 0.00000341. The number of hydrogen-bond acceptors (Lipinski definition) is 5. The van der Waals surface area contributed by atoms with E-state index in [2.05, 4.69) is 60.7 Å². The van der Waals surface area contributed by atoms with Crippen LogP contribution in [-0.2, 0) is 29.0 Å². The third-order valence-corrected chi connectivity index (χ3v) is 6.25. The predicted molar refractivity (Wildman–Crippen MR) is 139 cm³/mol. The molecule has 2 aromatic rings. The third-order valence-electron chi connectivity index (χ3n) is 5.11. The van der Waals surface area contributed by atoms with Crippen LogP contribution in [0.5, 0.6) is 0 Å². The molecule has 0 aliphatic carbocycles. The van der Waals surface area contributed by atoms with Gasteiger partial charge < -0.3 is 20.1 Å². The van der Waals surface area contributed by atoms with Gasteiger partial charge in [0.2, 0.25) is 0 Å². The van der Waals surface area contributed by atoms with Crippen molar-refractivity contribution in [3.63, 3.8) is 0 Å². The minimum absolute atomic E-state index is 0. The lowest BCUT2D eigenvalue weighted by molar-refractivity contribution is -0.0390. The molecule has 0 radical (unpaired) electrons. The predicted octanol–water partition coefficient (Wildman–Crippen LogP) is 4.37. The van der Waals surface area contributed by atoms with Crippen LogP contribution in [0.25, 0.3) is 0 Å². The molecule has 172 valence electrons. The van der Waals surface area contributed by atoms with Crippen molar-refractivity contribution >= 4 is 41.3 Å². The van der Waals surface area contributed by atoms with Crippen LogP contribution < -0.4 is 10.6 Å². The zero-order valence-corrected chi connectivity index (χ0v) is 21.9. The van der Waals surface area contributed by atoms with Crippen LogP contribution in [0.4, 0.5) is 0 Å². The molecule has 1 saturated heterocycles. The summed E-state index contributed by atoms with van der Waals surface area (Å²) in [4.78, 5) is 10.7. The van der Waals surface area contributed by atoms with Gasteiger partial charge >= 0.3 is 0 Å². The number of aliphatic imine (C=N–C) groups is 1. The highest BCUT2D eigenvalue weighted by atomic mass is 127. The van der Waals surface area contributed by atoms with Crippen LogP contribution in [0.3, 0.4) is 0 Å². The number of guanidine groups is 1. The fourth-order valence-corrected chi connectivity index (χ4v) is 4.25. The quantitative estimate of drug-likeness (QED) is 0.272. The summed E-state index contributed by atoms with van der Waals surface area (Å²) in [5.74, 6) is 0.839. The number of nitrogens with zero attached hydrogens (tertiary/aromatic N) is 2. The molecule has 0 spiro atoms. The molecule has 0 bridgehead atoms. The van der Waals surface area contributed by atoms with Crippen LogP contribution in [0.2, 0.25) is 0 Å². The van der Waals surface area contributed by atoms with E-state index in [1.807, 2.05) is 0 Å². The van der Waals surface area contributed by atoms with E-state index in [-0.39, 0.29) is 24.0 Å².